The molecule has 3 aromatic rings. The lowest BCUT2D eigenvalue weighted by molar-refractivity contribution is -0.133. The number of halogens is 5. The molecular formula is C25H24Cl2F3N5O4. The molecule has 0 saturated carbocycles. The third-order valence-electron chi connectivity index (χ3n) is 5.60. The Labute approximate surface area is 231 Å². The predicted molar refractivity (Wildman–Crippen MR) is 142 cm³/mol. The van der Waals surface area contributed by atoms with Crippen molar-refractivity contribution in [3.8, 4) is 5.75 Å². The Hall–Kier alpha value is -3.16. The highest BCUT2D eigenvalue weighted by Crippen LogP contribution is 2.35. The van der Waals surface area contributed by atoms with Crippen molar-refractivity contribution in [2.75, 3.05) is 56.7 Å². The topological polar surface area (TPSA) is 97.8 Å². The molecule has 1 aliphatic rings. The minimum Gasteiger partial charge on any atom is -0.489 e. The lowest BCUT2D eigenvalue weighted by Crippen LogP contribution is -2.36. The standard InChI is InChI=1S/C25H24Cl2F3N5O4/c26-16-3-4-17(23(28)22(16)27)34-24-15-12-19(33-21(36)2-1-5-35-6-8-37-9-7-35)20(13-18(15)31-14-32-24)38-10-11-39-25(29)30/h1-4,12-14,25H,5-11H2,(H,33,36)(H,31,32,34)/b2-1+. The van der Waals surface area contributed by atoms with Crippen molar-refractivity contribution in [2.24, 2.45) is 0 Å². The molecule has 14 heteroatoms. The molecule has 1 fully saturated rings. The first kappa shape index (κ1) is 28.8. The average Bonchev–Trinajstić information content (AvgIpc) is 2.92. The van der Waals surface area contributed by atoms with E-state index < -0.39 is 18.3 Å². The van der Waals surface area contributed by atoms with Gasteiger partial charge in [0.2, 0.25) is 5.91 Å². The van der Waals surface area contributed by atoms with Crippen LogP contribution in [0.4, 0.5) is 30.4 Å². The van der Waals surface area contributed by atoms with Crippen molar-refractivity contribution in [1.82, 2.24) is 14.9 Å². The van der Waals surface area contributed by atoms with Gasteiger partial charge in [0.25, 0.3) is 0 Å². The molecule has 0 unspecified atom stereocenters. The van der Waals surface area contributed by atoms with Gasteiger partial charge in [-0.25, -0.2) is 14.4 Å². The van der Waals surface area contributed by atoms with E-state index in [1.165, 1.54) is 36.7 Å². The minimum absolute atomic E-state index is 0.0190. The molecule has 39 heavy (non-hydrogen) atoms. The van der Waals surface area contributed by atoms with Crippen LogP contribution in [-0.2, 0) is 14.3 Å². The maximum absolute atomic E-state index is 14.7. The van der Waals surface area contributed by atoms with Gasteiger partial charge in [-0.05, 0) is 18.2 Å². The monoisotopic (exact) mass is 585 g/mol. The summed E-state index contributed by atoms with van der Waals surface area (Å²) in [5.41, 5.74) is 0.608. The van der Waals surface area contributed by atoms with Crippen molar-refractivity contribution in [1.29, 1.82) is 0 Å². The summed E-state index contributed by atoms with van der Waals surface area (Å²) in [6.07, 6.45) is 4.35. The largest absolute Gasteiger partial charge is 0.489 e. The number of aromatic nitrogens is 2. The molecule has 0 atom stereocenters. The lowest BCUT2D eigenvalue weighted by atomic mass is 10.1. The summed E-state index contributed by atoms with van der Waals surface area (Å²) in [6.45, 7) is -0.153. The Morgan fingerprint density at radius 3 is 2.72 bits per heavy atom. The normalized spacial score (nSPS) is 14.3. The van der Waals surface area contributed by atoms with E-state index in [2.05, 4.69) is 30.2 Å². The molecule has 0 bridgehead atoms. The van der Waals surface area contributed by atoms with E-state index >= 15 is 0 Å². The number of rotatable bonds is 11. The molecule has 2 heterocycles. The van der Waals surface area contributed by atoms with Gasteiger partial charge in [-0.2, -0.15) is 8.78 Å². The Bertz CT molecular complexity index is 1340. The molecule has 2 aromatic carbocycles. The van der Waals surface area contributed by atoms with Gasteiger partial charge in [-0.15, -0.1) is 0 Å². The molecule has 2 N–H and O–H groups in total. The molecule has 4 rings (SSSR count). The number of hydrogen-bond acceptors (Lipinski definition) is 8. The lowest BCUT2D eigenvalue weighted by Gasteiger charge is -2.25. The van der Waals surface area contributed by atoms with E-state index in [1.54, 1.807) is 6.08 Å². The molecule has 208 valence electrons. The van der Waals surface area contributed by atoms with E-state index in [0.29, 0.717) is 30.7 Å². The van der Waals surface area contributed by atoms with Gasteiger partial charge in [-0.3, -0.25) is 9.69 Å². The third kappa shape index (κ3) is 7.93. The first-order valence-electron chi connectivity index (χ1n) is 11.8. The summed E-state index contributed by atoms with van der Waals surface area (Å²) in [5.74, 6) is -0.837. The predicted octanol–water partition coefficient (Wildman–Crippen LogP) is 5.26. The number of carbonyl (C=O) groups excluding carboxylic acids is 1. The number of benzene rings is 2. The van der Waals surface area contributed by atoms with E-state index in [4.69, 9.17) is 32.7 Å². The van der Waals surface area contributed by atoms with Crippen molar-refractivity contribution in [3.05, 3.63) is 58.6 Å². The van der Waals surface area contributed by atoms with Crippen LogP contribution in [0.3, 0.4) is 0 Å². The van der Waals surface area contributed by atoms with Gasteiger partial charge in [0, 0.05) is 37.2 Å². The van der Waals surface area contributed by atoms with Crippen molar-refractivity contribution in [2.45, 2.75) is 6.61 Å². The van der Waals surface area contributed by atoms with Crippen LogP contribution in [0.5, 0.6) is 5.75 Å². The highest BCUT2D eigenvalue weighted by molar-refractivity contribution is 6.42. The van der Waals surface area contributed by atoms with Crippen molar-refractivity contribution in [3.63, 3.8) is 0 Å². The summed E-state index contributed by atoms with van der Waals surface area (Å²) in [7, 11) is 0. The Kier molecular flexibility index (Phi) is 10.2. The van der Waals surface area contributed by atoms with Crippen LogP contribution >= 0.6 is 23.2 Å². The number of ether oxygens (including phenoxy) is 3. The van der Waals surface area contributed by atoms with Gasteiger partial charge in [0.1, 0.15) is 24.5 Å². The molecule has 9 nitrogen and oxygen atoms in total. The number of alkyl halides is 2. The Morgan fingerprint density at radius 1 is 1.15 bits per heavy atom. The number of carbonyl (C=O) groups is 1. The zero-order valence-electron chi connectivity index (χ0n) is 20.4. The second-order valence-corrected chi connectivity index (χ2v) is 9.01. The zero-order chi connectivity index (χ0) is 27.8. The maximum Gasteiger partial charge on any atom is 0.345 e. The summed E-state index contributed by atoms with van der Waals surface area (Å²) >= 11 is 11.8. The highest BCUT2D eigenvalue weighted by Gasteiger charge is 2.16. The zero-order valence-corrected chi connectivity index (χ0v) is 21.9. The van der Waals surface area contributed by atoms with Gasteiger partial charge < -0.3 is 24.8 Å². The van der Waals surface area contributed by atoms with Crippen molar-refractivity contribution < 1.29 is 32.2 Å². The number of hydrogen-bond donors (Lipinski definition) is 2. The first-order chi connectivity index (χ1) is 18.8. The van der Waals surface area contributed by atoms with Crippen LogP contribution < -0.4 is 15.4 Å². The average molecular weight is 586 g/mol. The highest BCUT2D eigenvalue weighted by atomic mass is 35.5. The molecule has 1 aliphatic heterocycles. The van der Waals surface area contributed by atoms with E-state index in [9.17, 15) is 18.0 Å². The first-order valence-corrected chi connectivity index (χ1v) is 12.6. The summed E-state index contributed by atoms with van der Waals surface area (Å²) in [6, 6.07) is 5.87. The van der Waals surface area contributed by atoms with Crippen LogP contribution in [-0.4, -0.2) is 73.4 Å². The number of fused-ring (bicyclic) bond motifs is 1. The summed E-state index contributed by atoms with van der Waals surface area (Å²) < 4.78 is 54.5. The van der Waals surface area contributed by atoms with Gasteiger partial charge in [0.15, 0.2) is 5.82 Å². The van der Waals surface area contributed by atoms with Crippen LogP contribution in [0.1, 0.15) is 0 Å². The SMILES string of the molecule is O=C(/C=C/CN1CCOCC1)Nc1cc2c(Nc3ccc(Cl)c(Cl)c3F)ncnc2cc1OCCOC(F)F. The number of morpholine rings is 1. The van der Waals surface area contributed by atoms with Crippen LogP contribution in [0.2, 0.25) is 10.0 Å². The molecule has 1 saturated heterocycles. The van der Waals surface area contributed by atoms with Crippen LogP contribution in [0, 0.1) is 5.82 Å². The molecule has 0 radical (unpaired) electrons. The Balaban J connectivity index is 1.59. The number of anilines is 3. The fourth-order valence-corrected chi connectivity index (χ4v) is 4.02. The third-order valence-corrected chi connectivity index (χ3v) is 6.39. The number of nitrogens with zero attached hydrogens (tertiary/aromatic N) is 3. The smallest absolute Gasteiger partial charge is 0.345 e. The van der Waals surface area contributed by atoms with E-state index in [-0.39, 0.29) is 46.2 Å². The molecular weight excluding hydrogens is 562 g/mol. The maximum atomic E-state index is 14.7. The summed E-state index contributed by atoms with van der Waals surface area (Å²) in [5, 5.41) is 5.80. The fourth-order valence-electron chi connectivity index (χ4n) is 3.71. The Morgan fingerprint density at radius 2 is 1.95 bits per heavy atom. The van der Waals surface area contributed by atoms with Gasteiger partial charge in [-0.1, -0.05) is 29.3 Å². The quantitative estimate of drug-likeness (QED) is 0.178. The second kappa shape index (κ2) is 13.8. The van der Waals surface area contributed by atoms with Gasteiger partial charge in [0.05, 0.1) is 46.8 Å². The number of amides is 1. The molecule has 0 spiro atoms. The number of nitrogens with one attached hydrogen (secondary N) is 2. The van der Waals surface area contributed by atoms with Gasteiger partial charge >= 0.3 is 6.61 Å². The fraction of sp³-hybridized carbons (Fsp3) is 0.320. The van der Waals surface area contributed by atoms with E-state index in [0.717, 1.165) is 13.1 Å². The molecule has 0 aliphatic carbocycles. The van der Waals surface area contributed by atoms with Crippen molar-refractivity contribution >= 4 is 57.2 Å². The second-order valence-electron chi connectivity index (χ2n) is 8.22. The summed E-state index contributed by atoms with van der Waals surface area (Å²) in [4.78, 5) is 23.2. The minimum atomic E-state index is -2.94. The van der Waals surface area contributed by atoms with Crippen LogP contribution in [0.25, 0.3) is 10.9 Å². The van der Waals surface area contributed by atoms with E-state index in [1.807, 2.05) is 0 Å². The molecule has 1 aromatic heterocycles. The molecule has 1 amide bonds. The van der Waals surface area contributed by atoms with Crippen LogP contribution in [0.15, 0.2) is 42.7 Å².